The number of rotatable bonds is 6. The Bertz CT molecular complexity index is 522. The minimum absolute atomic E-state index is 0.0222. The maximum Gasteiger partial charge on any atom is 0.328 e. The van der Waals surface area contributed by atoms with Gasteiger partial charge in [0.25, 0.3) is 0 Å². The number of esters is 1. The Morgan fingerprint density at radius 2 is 2.16 bits per heavy atom. The summed E-state index contributed by atoms with van der Waals surface area (Å²) in [5, 5.41) is 9.37. The van der Waals surface area contributed by atoms with Gasteiger partial charge >= 0.3 is 5.97 Å². The average molecular weight is 253 g/mol. The molecule has 0 N–H and O–H groups in total. The van der Waals surface area contributed by atoms with Crippen LogP contribution >= 0.6 is 0 Å². The van der Waals surface area contributed by atoms with Crippen LogP contribution in [0.15, 0.2) is 43.0 Å². The van der Waals surface area contributed by atoms with Gasteiger partial charge in [0.05, 0.1) is 6.07 Å². The molecule has 0 aliphatic heterocycles. The minimum Gasteiger partial charge on any atom is -0.460 e. The number of terminal acetylenes is 1. The molecule has 0 spiro atoms. The first-order valence-corrected chi connectivity index (χ1v) is 5.85. The van der Waals surface area contributed by atoms with Crippen LogP contribution in [0.2, 0.25) is 0 Å². The topological polar surface area (TPSA) is 50.1 Å². The maximum absolute atomic E-state index is 12.1. The highest BCUT2D eigenvalue weighted by Gasteiger charge is 2.40. The quantitative estimate of drug-likeness (QED) is 0.444. The third-order valence-corrected chi connectivity index (χ3v) is 2.69. The molecule has 0 amide bonds. The summed E-state index contributed by atoms with van der Waals surface area (Å²) in [6.07, 6.45) is 7.00. The second-order valence-electron chi connectivity index (χ2n) is 4.12. The third kappa shape index (κ3) is 3.72. The first-order valence-electron chi connectivity index (χ1n) is 5.85. The minimum atomic E-state index is -1.33. The van der Waals surface area contributed by atoms with Crippen molar-refractivity contribution in [3.05, 3.63) is 48.6 Å². The zero-order valence-electron chi connectivity index (χ0n) is 10.6. The standard InChI is InChI=1S/C16H15NO2/c1-3-10-16(13-17,15(18)19-11-4-2)12-14-8-6-5-7-9-14/h1,4-9H,2,10-12H2. The smallest absolute Gasteiger partial charge is 0.328 e. The number of carbonyl (C=O) groups excluding carboxylic acids is 1. The summed E-state index contributed by atoms with van der Waals surface area (Å²) in [7, 11) is 0. The van der Waals surface area contributed by atoms with Crippen LogP contribution in [0.1, 0.15) is 12.0 Å². The van der Waals surface area contributed by atoms with Crippen LogP contribution < -0.4 is 0 Å². The number of hydrogen-bond acceptors (Lipinski definition) is 3. The summed E-state index contributed by atoms with van der Waals surface area (Å²) in [6.45, 7) is 3.54. The van der Waals surface area contributed by atoms with Gasteiger partial charge in [-0.1, -0.05) is 43.0 Å². The Hall–Kier alpha value is -2.52. The lowest BCUT2D eigenvalue weighted by molar-refractivity contribution is -0.151. The number of carbonyl (C=O) groups is 1. The van der Waals surface area contributed by atoms with E-state index in [4.69, 9.17) is 11.2 Å². The summed E-state index contributed by atoms with van der Waals surface area (Å²) >= 11 is 0. The van der Waals surface area contributed by atoms with Gasteiger partial charge in [-0.25, -0.2) is 0 Å². The van der Waals surface area contributed by atoms with E-state index in [2.05, 4.69) is 12.5 Å². The highest BCUT2D eigenvalue weighted by molar-refractivity contribution is 5.81. The van der Waals surface area contributed by atoms with Gasteiger partial charge in [0.15, 0.2) is 5.41 Å². The van der Waals surface area contributed by atoms with E-state index in [1.54, 1.807) is 0 Å². The Morgan fingerprint density at radius 3 is 2.68 bits per heavy atom. The van der Waals surface area contributed by atoms with Gasteiger partial charge in [-0.3, -0.25) is 4.79 Å². The molecule has 1 unspecified atom stereocenters. The normalized spacial score (nSPS) is 12.5. The Balaban J connectivity index is 2.99. The van der Waals surface area contributed by atoms with Crippen LogP contribution in [0.4, 0.5) is 0 Å². The van der Waals surface area contributed by atoms with Crippen molar-refractivity contribution >= 4 is 5.97 Å². The van der Waals surface area contributed by atoms with Crippen molar-refractivity contribution in [2.75, 3.05) is 6.61 Å². The van der Waals surface area contributed by atoms with Crippen molar-refractivity contribution in [3.63, 3.8) is 0 Å². The maximum atomic E-state index is 12.1. The molecule has 0 aliphatic rings. The Morgan fingerprint density at radius 1 is 1.47 bits per heavy atom. The van der Waals surface area contributed by atoms with Crippen molar-refractivity contribution < 1.29 is 9.53 Å². The highest BCUT2D eigenvalue weighted by atomic mass is 16.5. The van der Waals surface area contributed by atoms with Gasteiger partial charge in [0.1, 0.15) is 6.61 Å². The third-order valence-electron chi connectivity index (χ3n) is 2.69. The van der Waals surface area contributed by atoms with Gasteiger partial charge < -0.3 is 4.74 Å². The fourth-order valence-corrected chi connectivity index (χ4v) is 1.72. The molecule has 0 radical (unpaired) electrons. The zero-order chi connectivity index (χ0) is 14.1. The van der Waals surface area contributed by atoms with Crippen LogP contribution in [0.25, 0.3) is 0 Å². The molecule has 1 aromatic rings. The van der Waals surface area contributed by atoms with E-state index in [1.165, 1.54) is 6.08 Å². The van der Waals surface area contributed by atoms with Crippen LogP contribution in [-0.2, 0) is 16.0 Å². The number of benzene rings is 1. The van der Waals surface area contributed by atoms with E-state index < -0.39 is 11.4 Å². The predicted octanol–water partition coefficient (Wildman–Crippen LogP) is 2.49. The summed E-state index contributed by atoms with van der Waals surface area (Å²) in [4.78, 5) is 12.1. The average Bonchev–Trinajstić information content (AvgIpc) is 2.45. The lowest BCUT2D eigenvalue weighted by Gasteiger charge is -2.22. The Kier molecular flexibility index (Phi) is 5.38. The molecule has 3 nitrogen and oxygen atoms in total. The van der Waals surface area contributed by atoms with Crippen molar-refractivity contribution in [1.82, 2.24) is 0 Å². The number of nitrogens with zero attached hydrogens (tertiary/aromatic N) is 1. The molecular formula is C16H15NO2. The first kappa shape index (κ1) is 14.5. The van der Waals surface area contributed by atoms with Crippen LogP contribution in [0, 0.1) is 29.1 Å². The molecule has 1 atom stereocenters. The molecule has 3 heteroatoms. The SMILES string of the molecule is C#CCC(C#N)(Cc1ccccc1)C(=O)OCC=C. The van der Waals surface area contributed by atoms with E-state index in [-0.39, 0.29) is 19.4 Å². The summed E-state index contributed by atoms with van der Waals surface area (Å²) in [6, 6.07) is 11.3. The number of ether oxygens (including phenoxy) is 1. The molecule has 0 heterocycles. The molecule has 0 saturated carbocycles. The summed E-state index contributed by atoms with van der Waals surface area (Å²) in [5.74, 6) is 1.79. The largest absolute Gasteiger partial charge is 0.460 e. The van der Waals surface area contributed by atoms with Gasteiger partial charge in [0, 0.05) is 12.8 Å². The second kappa shape index (κ2) is 7.03. The molecule has 1 aromatic carbocycles. The molecule has 1 rings (SSSR count). The fraction of sp³-hybridized carbons (Fsp3) is 0.250. The fourth-order valence-electron chi connectivity index (χ4n) is 1.72. The molecule has 19 heavy (non-hydrogen) atoms. The number of nitriles is 1. The molecule has 0 aromatic heterocycles. The lowest BCUT2D eigenvalue weighted by Crippen LogP contribution is -2.33. The van der Waals surface area contributed by atoms with Gasteiger partial charge in [-0.2, -0.15) is 5.26 Å². The van der Waals surface area contributed by atoms with Crippen molar-refractivity contribution in [1.29, 1.82) is 5.26 Å². The van der Waals surface area contributed by atoms with E-state index in [1.807, 2.05) is 36.4 Å². The molecule has 0 bridgehead atoms. The van der Waals surface area contributed by atoms with Gasteiger partial charge in [-0.15, -0.1) is 12.3 Å². The van der Waals surface area contributed by atoms with E-state index in [0.29, 0.717) is 0 Å². The highest BCUT2D eigenvalue weighted by Crippen LogP contribution is 2.28. The second-order valence-corrected chi connectivity index (χ2v) is 4.12. The van der Waals surface area contributed by atoms with Crippen molar-refractivity contribution in [2.45, 2.75) is 12.8 Å². The molecule has 0 saturated heterocycles. The Labute approximate surface area is 113 Å². The zero-order valence-corrected chi connectivity index (χ0v) is 10.6. The van der Waals surface area contributed by atoms with Gasteiger partial charge in [0.2, 0.25) is 0 Å². The van der Waals surface area contributed by atoms with Crippen molar-refractivity contribution in [2.24, 2.45) is 5.41 Å². The van der Waals surface area contributed by atoms with Gasteiger partial charge in [-0.05, 0) is 5.56 Å². The van der Waals surface area contributed by atoms with E-state index in [0.717, 1.165) is 5.56 Å². The van der Waals surface area contributed by atoms with Crippen LogP contribution in [-0.4, -0.2) is 12.6 Å². The first-order chi connectivity index (χ1) is 9.18. The lowest BCUT2D eigenvalue weighted by atomic mass is 9.80. The van der Waals surface area contributed by atoms with E-state index in [9.17, 15) is 10.1 Å². The molecular weight excluding hydrogens is 238 g/mol. The summed E-state index contributed by atoms with van der Waals surface area (Å²) in [5.41, 5.74) is -0.464. The number of hydrogen-bond donors (Lipinski definition) is 0. The molecule has 0 aliphatic carbocycles. The molecule has 96 valence electrons. The van der Waals surface area contributed by atoms with Crippen molar-refractivity contribution in [3.8, 4) is 18.4 Å². The molecule has 0 fully saturated rings. The van der Waals surface area contributed by atoms with E-state index >= 15 is 0 Å². The monoisotopic (exact) mass is 253 g/mol. The van der Waals surface area contributed by atoms with Crippen LogP contribution in [0.5, 0.6) is 0 Å². The predicted molar refractivity (Wildman–Crippen MR) is 72.8 cm³/mol. The van der Waals surface area contributed by atoms with Crippen LogP contribution in [0.3, 0.4) is 0 Å². The summed E-state index contributed by atoms with van der Waals surface area (Å²) < 4.78 is 5.00.